The van der Waals surface area contributed by atoms with Gasteiger partial charge in [0.15, 0.2) is 0 Å². The molecule has 0 amide bonds. The largest absolute Gasteiger partial charge is 0.475 e. The third-order valence-corrected chi connectivity index (χ3v) is 3.14. The van der Waals surface area contributed by atoms with Gasteiger partial charge in [0.05, 0.1) is 0 Å². The third-order valence-electron chi connectivity index (χ3n) is 2.54. The molecule has 2 N–H and O–H groups in total. The van der Waals surface area contributed by atoms with E-state index in [0.717, 1.165) is 9.99 Å². The zero-order chi connectivity index (χ0) is 12.7. The number of aromatic carboxylic acids is 1. The summed E-state index contributed by atoms with van der Waals surface area (Å²) in [6, 6.07) is 6.91. The minimum atomic E-state index is -1.15. The van der Waals surface area contributed by atoms with Gasteiger partial charge in [-0.1, -0.05) is 17.3 Å². The first-order valence-electron chi connectivity index (χ1n) is 5.00. The van der Waals surface area contributed by atoms with Gasteiger partial charge in [0, 0.05) is 17.0 Å². The van der Waals surface area contributed by atoms with Crippen molar-refractivity contribution >= 4 is 32.8 Å². The molecule has 2 heterocycles. The first-order valence-corrected chi connectivity index (χ1v) is 5.79. The lowest BCUT2D eigenvalue weighted by Crippen LogP contribution is -1.91. The molecule has 0 aliphatic rings. The third kappa shape index (κ3) is 1.60. The van der Waals surface area contributed by atoms with Gasteiger partial charge in [0.25, 0.3) is 0 Å². The molecule has 18 heavy (non-hydrogen) atoms. The molecule has 0 aliphatic heterocycles. The monoisotopic (exact) mass is 307 g/mol. The predicted molar refractivity (Wildman–Crippen MR) is 66.2 cm³/mol. The molecule has 3 rings (SSSR count). The summed E-state index contributed by atoms with van der Waals surface area (Å²) in [6.07, 6.45) is 0. The molecule has 0 fully saturated rings. The van der Waals surface area contributed by atoms with E-state index in [1.807, 2.05) is 12.1 Å². The number of carboxylic acids is 1. The molecule has 0 unspecified atom stereocenters. The highest BCUT2D eigenvalue weighted by Crippen LogP contribution is 2.30. The van der Waals surface area contributed by atoms with Crippen molar-refractivity contribution in [3.05, 3.63) is 34.6 Å². The van der Waals surface area contributed by atoms with Gasteiger partial charge >= 0.3 is 5.97 Å². The summed E-state index contributed by atoms with van der Waals surface area (Å²) in [7, 11) is 0. The number of aromatic nitrogens is 3. The molecule has 2 aromatic heterocycles. The summed E-state index contributed by atoms with van der Waals surface area (Å²) in [4.78, 5) is 10.8. The number of nitrogens with one attached hydrogen (secondary N) is 1. The maximum atomic E-state index is 10.8. The zero-order valence-corrected chi connectivity index (χ0v) is 10.4. The van der Waals surface area contributed by atoms with E-state index in [-0.39, 0.29) is 5.76 Å². The van der Waals surface area contributed by atoms with Crippen LogP contribution in [0.3, 0.4) is 0 Å². The molecule has 0 bridgehead atoms. The minimum Gasteiger partial charge on any atom is -0.475 e. The van der Waals surface area contributed by atoms with Crippen LogP contribution in [0.2, 0.25) is 0 Å². The van der Waals surface area contributed by atoms with Gasteiger partial charge in [-0.3, -0.25) is 5.10 Å². The van der Waals surface area contributed by atoms with Crippen molar-refractivity contribution in [2.24, 2.45) is 0 Å². The molecule has 0 aliphatic carbocycles. The fourth-order valence-corrected chi connectivity index (χ4v) is 2.12. The van der Waals surface area contributed by atoms with Crippen LogP contribution in [0.4, 0.5) is 0 Å². The van der Waals surface area contributed by atoms with Crippen LogP contribution in [0, 0.1) is 0 Å². The summed E-state index contributed by atoms with van der Waals surface area (Å²) in [5.41, 5.74) is 1.86. The topological polar surface area (TPSA) is 92.0 Å². The van der Waals surface area contributed by atoms with E-state index in [4.69, 9.17) is 9.63 Å². The fraction of sp³-hybridized carbons (Fsp3) is 0. The van der Waals surface area contributed by atoms with Gasteiger partial charge in [-0.15, -0.1) is 0 Å². The minimum absolute atomic E-state index is 0.198. The molecule has 3 aromatic rings. The van der Waals surface area contributed by atoms with Crippen molar-refractivity contribution in [1.29, 1.82) is 0 Å². The average Bonchev–Trinajstić information content (AvgIpc) is 2.97. The van der Waals surface area contributed by atoms with Gasteiger partial charge in [-0.05, 0) is 22.0 Å². The molecule has 6 nitrogen and oxygen atoms in total. The van der Waals surface area contributed by atoms with E-state index >= 15 is 0 Å². The lowest BCUT2D eigenvalue weighted by molar-refractivity contribution is 0.0652. The number of aromatic amines is 1. The summed E-state index contributed by atoms with van der Waals surface area (Å²) in [5.74, 6) is -1.35. The van der Waals surface area contributed by atoms with Crippen molar-refractivity contribution in [3.8, 4) is 11.3 Å². The molecular weight excluding hydrogens is 302 g/mol. The normalized spacial score (nSPS) is 10.9. The van der Waals surface area contributed by atoms with Gasteiger partial charge in [0.1, 0.15) is 15.8 Å². The van der Waals surface area contributed by atoms with E-state index in [2.05, 4.69) is 31.3 Å². The van der Waals surface area contributed by atoms with E-state index in [9.17, 15) is 4.79 Å². The predicted octanol–water partition coefficient (Wildman–Crippen LogP) is 2.68. The highest BCUT2D eigenvalue weighted by molar-refractivity contribution is 9.10. The number of fused-ring (bicyclic) bond motifs is 1. The molecule has 0 saturated heterocycles. The van der Waals surface area contributed by atoms with Crippen molar-refractivity contribution < 1.29 is 14.4 Å². The number of rotatable bonds is 2. The lowest BCUT2D eigenvalue weighted by Gasteiger charge is -1.96. The van der Waals surface area contributed by atoms with E-state index in [1.54, 1.807) is 6.07 Å². The van der Waals surface area contributed by atoms with Crippen molar-refractivity contribution in [3.63, 3.8) is 0 Å². The second kappa shape index (κ2) is 3.95. The van der Waals surface area contributed by atoms with Gasteiger partial charge in [-0.25, -0.2) is 4.79 Å². The maximum Gasteiger partial charge on any atom is 0.374 e. The van der Waals surface area contributed by atoms with E-state index < -0.39 is 5.97 Å². The Bertz CT molecular complexity index is 747. The summed E-state index contributed by atoms with van der Waals surface area (Å²) in [5, 5.41) is 20.4. The molecule has 0 radical (unpaired) electrons. The van der Waals surface area contributed by atoms with Crippen LogP contribution < -0.4 is 0 Å². The second-order valence-electron chi connectivity index (χ2n) is 3.62. The number of halogens is 1. The standard InChI is InChI=1S/C11H6BrN3O3/c12-10-6-3-1-2-5(9(6)13-14-10)7-4-8(11(16)17)18-15-7/h1-4H,(H,13,14)(H,16,17). The van der Waals surface area contributed by atoms with Crippen LogP contribution in [0.1, 0.15) is 10.6 Å². The quantitative estimate of drug-likeness (QED) is 0.759. The molecular formula is C11H6BrN3O3. The van der Waals surface area contributed by atoms with Crippen LogP contribution >= 0.6 is 15.9 Å². The Morgan fingerprint density at radius 3 is 3.00 bits per heavy atom. The van der Waals surface area contributed by atoms with E-state index in [1.165, 1.54) is 6.07 Å². The number of nitrogens with zero attached hydrogens (tertiary/aromatic N) is 2. The summed E-state index contributed by atoms with van der Waals surface area (Å²) >= 11 is 3.35. The number of para-hydroxylation sites is 1. The number of H-pyrrole nitrogens is 1. The SMILES string of the molecule is O=C(O)c1cc(-c2cccc3c(Br)[nH]nc23)no1. The first-order chi connectivity index (χ1) is 8.66. The Balaban J connectivity index is 2.21. The zero-order valence-electron chi connectivity index (χ0n) is 8.85. The molecule has 1 aromatic carbocycles. The molecule has 0 atom stereocenters. The second-order valence-corrected chi connectivity index (χ2v) is 4.41. The average molecular weight is 308 g/mol. The number of carboxylic acid groups (broad SMARTS) is 1. The highest BCUT2D eigenvalue weighted by Gasteiger charge is 2.15. The van der Waals surface area contributed by atoms with Crippen LogP contribution in [0.5, 0.6) is 0 Å². The van der Waals surface area contributed by atoms with Gasteiger partial charge < -0.3 is 9.63 Å². The van der Waals surface area contributed by atoms with Crippen molar-refractivity contribution in [2.45, 2.75) is 0 Å². The van der Waals surface area contributed by atoms with Crippen LogP contribution in [0.15, 0.2) is 33.4 Å². The Hall–Kier alpha value is -2.15. The number of benzene rings is 1. The van der Waals surface area contributed by atoms with Crippen LogP contribution in [-0.4, -0.2) is 26.4 Å². The Labute approximate surface area is 109 Å². The van der Waals surface area contributed by atoms with Crippen LogP contribution in [-0.2, 0) is 0 Å². The Morgan fingerprint density at radius 2 is 2.28 bits per heavy atom. The summed E-state index contributed by atoms with van der Waals surface area (Å²) in [6.45, 7) is 0. The Kier molecular flexibility index (Phi) is 2.41. The smallest absolute Gasteiger partial charge is 0.374 e. The number of hydrogen-bond donors (Lipinski definition) is 2. The van der Waals surface area contributed by atoms with Crippen molar-refractivity contribution in [2.75, 3.05) is 0 Å². The van der Waals surface area contributed by atoms with Gasteiger partial charge in [0.2, 0.25) is 5.76 Å². The number of hydrogen-bond acceptors (Lipinski definition) is 4. The van der Waals surface area contributed by atoms with E-state index in [0.29, 0.717) is 16.8 Å². The molecule has 7 heteroatoms. The molecule has 90 valence electrons. The molecule has 0 saturated carbocycles. The number of carbonyl (C=O) groups is 1. The lowest BCUT2D eigenvalue weighted by atomic mass is 10.1. The maximum absolute atomic E-state index is 10.8. The first kappa shape index (κ1) is 11.0. The fourth-order valence-electron chi connectivity index (χ4n) is 1.72. The van der Waals surface area contributed by atoms with Crippen molar-refractivity contribution in [1.82, 2.24) is 15.4 Å². The Morgan fingerprint density at radius 1 is 1.44 bits per heavy atom. The molecule has 0 spiro atoms. The highest BCUT2D eigenvalue weighted by atomic mass is 79.9. The van der Waals surface area contributed by atoms with Crippen LogP contribution in [0.25, 0.3) is 22.2 Å². The summed E-state index contributed by atoms with van der Waals surface area (Å²) < 4.78 is 5.50. The van der Waals surface area contributed by atoms with Gasteiger partial charge in [-0.2, -0.15) is 5.10 Å².